The van der Waals surface area contributed by atoms with Gasteiger partial charge in [-0.3, -0.25) is 43.6 Å². The van der Waals surface area contributed by atoms with E-state index in [4.69, 9.17) is 10.9 Å². The van der Waals surface area contributed by atoms with Gasteiger partial charge in [0.2, 0.25) is 47.3 Å². The highest BCUT2D eigenvalue weighted by atomic mass is 32.2. The molecule has 3 rings (SSSR count). The van der Waals surface area contributed by atoms with Crippen LogP contribution in [0.2, 0.25) is 0 Å². The third-order valence-electron chi connectivity index (χ3n) is 11.0. The first-order chi connectivity index (χ1) is 28.6. The molecule has 21 heteroatoms. The van der Waals surface area contributed by atoms with Crippen molar-refractivity contribution in [3.63, 3.8) is 0 Å². The summed E-state index contributed by atoms with van der Waals surface area (Å²) < 4.78 is 0. The number of primary amides is 1. The summed E-state index contributed by atoms with van der Waals surface area (Å²) in [6.45, 7) is 4.52. The maximum atomic E-state index is 13.1. The molecule has 1 saturated carbocycles. The molecule has 60 heavy (non-hydrogen) atoms. The molecule has 338 valence electrons. The normalized spacial score (nSPS) is 20.4. The minimum atomic E-state index is -1.06. The van der Waals surface area contributed by atoms with Crippen molar-refractivity contribution in [3.05, 3.63) is 0 Å². The molecule has 2 heterocycles. The molecule has 20 nitrogen and oxygen atoms in total. The summed E-state index contributed by atoms with van der Waals surface area (Å²) in [5.74, 6) is -4.37. The first-order valence-electron chi connectivity index (χ1n) is 21.2. The van der Waals surface area contributed by atoms with E-state index in [1.54, 1.807) is 5.48 Å². The van der Waals surface area contributed by atoms with E-state index in [0.29, 0.717) is 37.5 Å². The molecule has 1 unspecified atom stereocenters. The number of hydroxylamine groups is 1. The third-order valence-corrected chi connectivity index (χ3v) is 12.5. The molecule has 2 saturated heterocycles. The molecule has 0 spiro atoms. The highest BCUT2D eigenvalue weighted by Gasteiger charge is 2.42. The third kappa shape index (κ3) is 17.9. The van der Waals surface area contributed by atoms with E-state index in [0.717, 1.165) is 50.7 Å². The number of carbonyl (C=O) groups excluding carboxylic acids is 9. The minimum absolute atomic E-state index is 0.0407. The second kappa shape index (κ2) is 25.8. The van der Waals surface area contributed by atoms with E-state index in [9.17, 15) is 43.2 Å². The van der Waals surface area contributed by atoms with Crippen molar-refractivity contribution in [3.8, 4) is 0 Å². The van der Waals surface area contributed by atoms with E-state index in [2.05, 4.69) is 42.5 Å². The number of thioether (sulfide) groups is 1. The van der Waals surface area contributed by atoms with Crippen LogP contribution in [0.4, 0.5) is 4.79 Å². The lowest BCUT2D eigenvalue weighted by molar-refractivity contribution is -0.137. The SMILES string of the molecule is CC(C)C[C@H](NC(=O)[C@H](C)NC(=O)C(CC(=O)NO)CC1CCCC1)C(=O)NCC(=O)NCC(=O)N[C@@H](CCCCNC(=O)CCCC[C@@H]1SC[C@@H]2NC(=O)N[C@@H]21)C(N)=O. The van der Waals surface area contributed by atoms with Crippen molar-refractivity contribution in [1.82, 2.24) is 48.0 Å². The Hall–Kier alpha value is -4.66. The quantitative estimate of drug-likeness (QED) is 0.0213. The predicted octanol–water partition coefficient (Wildman–Crippen LogP) is -0.671. The number of hydrogen-bond donors (Lipinski definition) is 11. The average Bonchev–Trinajstić information content (AvgIpc) is 3.94. The van der Waals surface area contributed by atoms with Crippen molar-refractivity contribution in [2.75, 3.05) is 25.4 Å². The molecule has 0 aromatic heterocycles. The van der Waals surface area contributed by atoms with Crippen LogP contribution in [-0.4, -0.2) is 119 Å². The van der Waals surface area contributed by atoms with Gasteiger partial charge in [-0.2, -0.15) is 11.8 Å². The largest absolute Gasteiger partial charge is 0.368 e. The Morgan fingerprint density at radius 1 is 0.783 bits per heavy atom. The summed E-state index contributed by atoms with van der Waals surface area (Å²) >= 11 is 1.84. The van der Waals surface area contributed by atoms with Crippen LogP contribution in [0.15, 0.2) is 0 Å². The number of carbonyl (C=O) groups is 9. The number of rotatable bonds is 27. The maximum absolute atomic E-state index is 13.1. The molecule has 0 aromatic carbocycles. The smallest absolute Gasteiger partial charge is 0.315 e. The molecule has 12 N–H and O–H groups in total. The zero-order valence-electron chi connectivity index (χ0n) is 35.0. The van der Waals surface area contributed by atoms with Gasteiger partial charge in [0.1, 0.15) is 18.1 Å². The van der Waals surface area contributed by atoms with Gasteiger partial charge < -0.3 is 48.3 Å². The Kier molecular flexibility index (Phi) is 21.4. The maximum Gasteiger partial charge on any atom is 0.315 e. The molecule has 0 bridgehead atoms. The van der Waals surface area contributed by atoms with Gasteiger partial charge in [-0.15, -0.1) is 0 Å². The van der Waals surface area contributed by atoms with E-state index in [1.165, 1.54) is 6.92 Å². The Labute approximate surface area is 355 Å². The Morgan fingerprint density at radius 2 is 1.50 bits per heavy atom. The standard InChI is InChI=1S/C39H66N10O10S/c1-22(2)16-27(46-36(55)23(3)44-37(56)25(18-31(51)49-59)17-24-10-4-5-11-24)38(57)43-19-32(52)42-20-33(53)45-26(35(40)54)12-8-9-15-41-30(50)14-7-6-13-29-34-28(21-60-29)47-39(58)48-34/h22-29,34,59H,4-21H2,1-3H3,(H2,40,54)(H,41,50)(H,42,52)(H,43,57)(H,44,56)(H,45,53)(H,46,55)(H,49,51)(H2,47,48,58)/t23-,25?,26-,27-,28-,29-,34-/m0/s1. The van der Waals surface area contributed by atoms with Gasteiger partial charge in [0.15, 0.2) is 0 Å². The monoisotopic (exact) mass is 866 g/mol. The van der Waals surface area contributed by atoms with Crippen LogP contribution in [0.1, 0.15) is 111 Å². The van der Waals surface area contributed by atoms with Crippen molar-refractivity contribution < 1.29 is 48.4 Å². The lowest BCUT2D eigenvalue weighted by Gasteiger charge is -2.24. The zero-order chi connectivity index (χ0) is 44.2. The fourth-order valence-corrected chi connectivity index (χ4v) is 9.27. The Bertz CT molecular complexity index is 1510. The molecule has 7 atom stereocenters. The van der Waals surface area contributed by atoms with Crippen molar-refractivity contribution in [1.29, 1.82) is 0 Å². The van der Waals surface area contributed by atoms with Crippen LogP contribution in [0.25, 0.3) is 0 Å². The summed E-state index contributed by atoms with van der Waals surface area (Å²) in [5.41, 5.74) is 7.04. The van der Waals surface area contributed by atoms with E-state index < -0.39 is 78.5 Å². The van der Waals surface area contributed by atoms with Gasteiger partial charge in [0.05, 0.1) is 25.2 Å². The highest BCUT2D eigenvalue weighted by molar-refractivity contribution is 8.00. The summed E-state index contributed by atoms with van der Waals surface area (Å²) in [5, 5.41) is 30.7. The van der Waals surface area contributed by atoms with E-state index >= 15 is 0 Å². The van der Waals surface area contributed by atoms with Crippen molar-refractivity contribution >= 4 is 65.1 Å². The average molecular weight is 867 g/mol. The first kappa shape index (κ1) is 49.7. The number of nitrogens with two attached hydrogens (primary N) is 1. The lowest BCUT2D eigenvalue weighted by atomic mass is 9.90. The molecule has 0 aromatic rings. The fraction of sp³-hybridized carbons (Fsp3) is 0.769. The summed E-state index contributed by atoms with van der Waals surface area (Å²) in [7, 11) is 0. The molecule has 3 aliphatic rings. The molecular weight excluding hydrogens is 801 g/mol. The van der Waals surface area contributed by atoms with Gasteiger partial charge in [0, 0.05) is 36.3 Å². The van der Waals surface area contributed by atoms with Crippen LogP contribution in [0, 0.1) is 17.8 Å². The van der Waals surface area contributed by atoms with Crippen molar-refractivity contribution in [2.24, 2.45) is 23.5 Å². The number of urea groups is 1. The summed E-state index contributed by atoms with van der Waals surface area (Å²) in [4.78, 5) is 112. The van der Waals surface area contributed by atoms with Crippen LogP contribution in [-0.2, 0) is 38.4 Å². The molecule has 0 radical (unpaired) electrons. The lowest BCUT2D eigenvalue weighted by Crippen LogP contribution is -2.55. The van der Waals surface area contributed by atoms with Gasteiger partial charge >= 0.3 is 6.03 Å². The van der Waals surface area contributed by atoms with Crippen LogP contribution >= 0.6 is 11.8 Å². The molecule has 1 aliphatic carbocycles. The molecular formula is C39H66N10O10S. The van der Waals surface area contributed by atoms with Crippen LogP contribution in [0.5, 0.6) is 0 Å². The molecule has 3 fully saturated rings. The molecule has 2 aliphatic heterocycles. The number of amides is 10. The topological polar surface area (TPSA) is 308 Å². The summed E-state index contributed by atoms with van der Waals surface area (Å²) in [6.07, 6.45) is 8.54. The number of nitrogens with one attached hydrogen (secondary N) is 9. The van der Waals surface area contributed by atoms with Gasteiger partial charge in [0.25, 0.3) is 0 Å². The van der Waals surface area contributed by atoms with E-state index in [1.807, 2.05) is 25.6 Å². The van der Waals surface area contributed by atoms with Gasteiger partial charge in [-0.1, -0.05) is 46.0 Å². The van der Waals surface area contributed by atoms with E-state index in [-0.39, 0.29) is 55.1 Å². The molecule has 10 amide bonds. The number of hydrogen-bond acceptors (Lipinski definition) is 11. The highest BCUT2D eigenvalue weighted by Crippen LogP contribution is 2.33. The Balaban J connectivity index is 1.31. The first-order valence-corrected chi connectivity index (χ1v) is 22.2. The van der Waals surface area contributed by atoms with Crippen LogP contribution in [0.3, 0.4) is 0 Å². The van der Waals surface area contributed by atoms with Gasteiger partial charge in [-0.25, -0.2) is 10.3 Å². The second-order valence-corrected chi connectivity index (χ2v) is 17.7. The minimum Gasteiger partial charge on any atom is -0.368 e. The number of unbranched alkanes of at least 4 members (excludes halogenated alkanes) is 2. The zero-order valence-corrected chi connectivity index (χ0v) is 35.8. The fourth-order valence-electron chi connectivity index (χ4n) is 7.72. The Morgan fingerprint density at radius 3 is 2.18 bits per heavy atom. The predicted molar refractivity (Wildman–Crippen MR) is 222 cm³/mol. The van der Waals surface area contributed by atoms with Crippen molar-refractivity contribution in [2.45, 2.75) is 146 Å². The summed E-state index contributed by atoms with van der Waals surface area (Å²) in [6, 6.07) is -2.91. The second-order valence-electron chi connectivity index (χ2n) is 16.5. The van der Waals surface area contributed by atoms with Gasteiger partial charge in [-0.05, 0) is 63.7 Å². The van der Waals surface area contributed by atoms with Crippen LogP contribution < -0.4 is 53.7 Å². The number of fused-ring (bicyclic) bond motifs is 1.